The minimum Gasteiger partial charge on any atom is -0.464 e. The number of carbonyl (C=O) groups excluding carboxylic acids is 4. The van der Waals surface area contributed by atoms with Crippen LogP contribution in [-0.4, -0.2) is 64.2 Å². The molecular formula is C35H35BN6O5. The zero-order chi connectivity index (χ0) is 33.6. The SMILES string of the molecule is [B]C(=O)NC(C)(C)C(=O)N[C@H](Cc1c[nH]c2ccccc12)C(=O)Nc1cn(C(C(=O)OCC)c2ccc(-c3ccccc3)cc2)cn1. The topological polar surface area (TPSA) is 147 Å². The van der Waals surface area contributed by atoms with Gasteiger partial charge in [0.25, 0.3) is 0 Å². The first kappa shape index (κ1) is 32.7. The normalized spacial score (nSPS) is 12.6. The molecule has 0 aliphatic heterocycles. The quantitative estimate of drug-likeness (QED) is 0.118. The van der Waals surface area contributed by atoms with Crippen molar-refractivity contribution in [3.8, 4) is 11.1 Å². The number of nitrogens with one attached hydrogen (secondary N) is 4. The molecule has 2 radical (unpaired) electrons. The van der Waals surface area contributed by atoms with Crippen molar-refractivity contribution in [3.05, 3.63) is 109 Å². The molecule has 1 unspecified atom stereocenters. The third-order valence-electron chi connectivity index (χ3n) is 7.72. The largest absolute Gasteiger partial charge is 0.464 e. The van der Waals surface area contributed by atoms with E-state index in [1.165, 1.54) is 26.4 Å². The highest BCUT2D eigenvalue weighted by Crippen LogP contribution is 2.26. The van der Waals surface area contributed by atoms with Crippen LogP contribution in [0.1, 0.15) is 37.9 Å². The number of amides is 3. The third kappa shape index (κ3) is 7.78. The number of esters is 1. The molecule has 11 nitrogen and oxygen atoms in total. The van der Waals surface area contributed by atoms with E-state index in [-0.39, 0.29) is 18.8 Å². The first-order valence-corrected chi connectivity index (χ1v) is 15.2. The fraction of sp³-hybridized carbons (Fsp3) is 0.229. The molecule has 3 aromatic carbocycles. The molecule has 4 N–H and O–H groups in total. The van der Waals surface area contributed by atoms with Crippen molar-refractivity contribution in [3.63, 3.8) is 0 Å². The van der Waals surface area contributed by atoms with Gasteiger partial charge in [0.2, 0.25) is 19.7 Å². The van der Waals surface area contributed by atoms with Gasteiger partial charge >= 0.3 is 5.97 Å². The Hall–Kier alpha value is -5.65. The molecule has 3 amide bonds. The molecule has 0 saturated heterocycles. The van der Waals surface area contributed by atoms with E-state index in [4.69, 9.17) is 12.6 Å². The highest BCUT2D eigenvalue weighted by Gasteiger charge is 2.33. The maximum atomic E-state index is 13.7. The summed E-state index contributed by atoms with van der Waals surface area (Å²) in [6, 6.07) is 23.1. The summed E-state index contributed by atoms with van der Waals surface area (Å²) in [6.45, 7) is 4.88. The van der Waals surface area contributed by atoms with Crippen molar-refractivity contribution in [1.29, 1.82) is 0 Å². The van der Waals surface area contributed by atoms with Gasteiger partial charge in [-0.1, -0.05) is 72.8 Å². The lowest BCUT2D eigenvalue weighted by molar-refractivity contribution is -0.145. The lowest BCUT2D eigenvalue weighted by Gasteiger charge is -2.27. The maximum Gasteiger partial charge on any atom is 0.333 e. The van der Waals surface area contributed by atoms with Crippen molar-refractivity contribution >= 4 is 48.2 Å². The molecule has 12 heteroatoms. The standard InChI is InChI=1S/C35H35BN6O5/c1-4-47-32(44)30(24-16-14-23(15-17-24)22-10-6-5-7-11-22)42-20-29(38-21-42)40-31(43)28(39-33(45)35(2,3)41-34(36)46)18-25-19-37-27-13-9-8-12-26(25)27/h5-17,19-21,28,30,37H,4,18H2,1-3H3,(H,39,45)(H,40,43)(H,41,46)/t28-,30?/m1/s1. The number of carbonyl (C=O) groups is 4. The molecule has 0 saturated carbocycles. The highest BCUT2D eigenvalue weighted by molar-refractivity contribution is 6.57. The highest BCUT2D eigenvalue weighted by atomic mass is 16.5. The lowest BCUT2D eigenvalue weighted by atomic mass is 9.98. The zero-order valence-corrected chi connectivity index (χ0v) is 26.3. The average molecular weight is 631 g/mol. The fourth-order valence-corrected chi connectivity index (χ4v) is 5.33. The van der Waals surface area contributed by atoms with Crippen molar-refractivity contribution in [2.24, 2.45) is 0 Å². The molecule has 2 aromatic heterocycles. The minimum absolute atomic E-state index is 0.133. The number of benzene rings is 3. The number of fused-ring (bicyclic) bond motifs is 1. The van der Waals surface area contributed by atoms with Gasteiger partial charge in [0.05, 0.1) is 12.9 Å². The number of imidazole rings is 1. The predicted molar refractivity (Wildman–Crippen MR) is 180 cm³/mol. The van der Waals surface area contributed by atoms with Gasteiger partial charge in [-0.15, -0.1) is 0 Å². The van der Waals surface area contributed by atoms with E-state index < -0.39 is 41.2 Å². The van der Waals surface area contributed by atoms with Gasteiger partial charge in [0.15, 0.2) is 17.7 Å². The second-order valence-electron chi connectivity index (χ2n) is 11.5. The second kappa shape index (κ2) is 14.2. The summed E-state index contributed by atoms with van der Waals surface area (Å²) >= 11 is 0. The second-order valence-corrected chi connectivity index (χ2v) is 11.5. The van der Waals surface area contributed by atoms with Crippen LogP contribution in [0.25, 0.3) is 22.0 Å². The van der Waals surface area contributed by atoms with Crippen LogP contribution < -0.4 is 16.0 Å². The van der Waals surface area contributed by atoms with Crippen LogP contribution >= 0.6 is 0 Å². The van der Waals surface area contributed by atoms with Crippen LogP contribution in [0.3, 0.4) is 0 Å². The van der Waals surface area contributed by atoms with Gasteiger partial charge in [0, 0.05) is 29.7 Å². The van der Waals surface area contributed by atoms with E-state index in [0.29, 0.717) is 5.56 Å². The van der Waals surface area contributed by atoms with Crippen LogP contribution in [-0.2, 0) is 25.5 Å². The molecule has 0 bridgehead atoms. The zero-order valence-electron chi connectivity index (χ0n) is 26.3. The van der Waals surface area contributed by atoms with Gasteiger partial charge in [-0.3, -0.25) is 14.4 Å². The summed E-state index contributed by atoms with van der Waals surface area (Å²) < 4.78 is 6.96. The molecule has 2 heterocycles. The molecule has 2 atom stereocenters. The number of ether oxygens (including phenoxy) is 1. The van der Waals surface area contributed by atoms with Crippen LogP contribution in [0.4, 0.5) is 10.6 Å². The predicted octanol–water partition coefficient (Wildman–Crippen LogP) is 4.51. The summed E-state index contributed by atoms with van der Waals surface area (Å²) in [4.78, 5) is 59.2. The fourth-order valence-electron chi connectivity index (χ4n) is 5.33. The van der Waals surface area contributed by atoms with Crippen molar-refractivity contribution < 1.29 is 23.9 Å². The third-order valence-corrected chi connectivity index (χ3v) is 7.72. The smallest absolute Gasteiger partial charge is 0.333 e. The van der Waals surface area contributed by atoms with Crippen molar-refractivity contribution in [2.75, 3.05) is 11.9 Å². The van der Waals surface area contributed by atoms with Gasteiger partial charge in [0.1, 0.15) is 11.6 Å². The number of H-pyrrole nitrogens is 1. The monoisotopic (exact) mass is 630 g/mol. The first-order chi connectivity index (χ1) is 22.6. The number of hydrogen-bond donors (Lipinski definition) is 4. The lowest BCUT2D eigenvalue weighted by Crippen LogP contribution is -2.58. The summed E-state index contributed by atoms with van der Waals surface area (Å²) in [6.07, 6.45) is 4.89. The number of nitrogens with zero attached hydrogens (tertiary/aromatic N) is 2. The number of rotatable bonds is 12. The average Bonchev–Trinajstić information content (AvgIpc) is 3.68. The van der Waals surface area contributed by atoms with Gasteiger partial charge in [-0.25, -0.2) is 9.78 Å². The number of para-hydroxylation sites is 1. The Morgan fingerprint density at radius 3 is 2.34 bits per heavy atom. The summed E-state index contributed by atoms with van der Waals surface area (Å²) in [5, 5.41) is 8.81. The van der Waals surface area contributed by atoms with Crippen molar-refractivity contribution in [2.45, 2.75) is 44.8 Å². The Kier molecular flexibility index (Phi) is 9.89. The summed E-state index contributed by atoms with van der Waals surface area (Å²) in [5.74, 6) is -2.35. The van der Waals surface area contributed by atoms with Crippen LogP contribution in [0.2, 0.25) is 0 Å². The van der Waals surface area contributed by atoms with Gasteiger partial charge in [-0.2, -0.15) is 0 Å². The molecule has 0 spiro atoms. The number of anilines is 1. The minimum atomic E-state index is -1.39. The number of hydrogen-bond acceptors (Lipinski definition) is 6. The molecule has 0 aliphatic rings. The van der Waals surface area contributed by atoms with Crippen LogP contribution in [0.15, 0.2) is 97.6 Å². The van der Waals surface area contributed by atoms with Crippen molar-refractivity contribution in [1.82, 2.24) is 25.2 Å². The number of aromatic amines is 1. The van der Waals surface area contributed by atoms with Crippen LogP contribution in [0, 0.1) is 0 Å². The molecule has 5 rings (SSSR count). The first-order valence-electron chi connectivity index (χ1n) is 15.2. The van der Waals surface area contributed by atoms with Gasteiger partial charge in [-0.05, 0) is 49.1 Å². The Balaban J connectivity index is 1.39. The molecular weight excluding hydrogens is 595 g/mol. The van der Waals surface area contributed by atoms with Crippen LogP contribution in [0.5, 0.6) is 0 Å². The number of aromatic nitrogens is 3. The Bertz CT molecular complexity index is 1880. The van der Waals surface area contributed by atoms with Gasteiger partial charge < -0.3 is 30.2 Å². The summed E-state index contributed by atoms with van der Waals surface area (Å²) in [7, 11) is 5.27. The van der Waals surface area contributed by atoms with E-state index in [0.717, 1.165) is 27.6 Å². The van der Waals surface area contributed by atoms with E-state index in [1.54, 1.807) is 17.7 Å². The molecule has 5 aromatic rings. The molecule has 0 aliphatic carbocycles. The molecule has 47 heavy (non-hydrogen) atoms. The Morgan fingerprint density at radius 2 is 1.64 bits per heavy atom. The molecule has 0 fully saturated rings. The van der Waals surface area contributed by atoms with E-state index in [2.05, 4.69) is 25.9 Å². The van der Waals surface area contributed by atoms with E-state index in [9.17, 15) is 19.2 Å². The Morgan fingerprint density at radius 1 is 0.957 bits per heavy atom. The summed E-state index contributed by atoms with van der Waals surface area (Å²) in [5.41, 5.74) is 3.00. The van der Waals surface area contributed by atoms with E-state index in [1.807, 2.05) is 78.9 Å². The Labute approximate surface area is 273 Å². The maximum absolute atomic E-state index is 13.7. The molecule has 238 valence electrons. The van der Waals surface area contributed by atoms with E-state index >= 15 is 0 Å².